The van der Waals surface area contributed by atoms with Gasteiger partial charge in [0.15, 0.2) is 0 Å². The molecule has 1 heterocycles. The first-order valence-electron chi connectivity index (χ1n) is 5.28. The number of rotatable bonds is 5. The molecule has 0 amide bonds. The van der Waals surface area contributed by atoms with Crippen LogP contribution in [0.1, 0.15) is 25.2 Å². The third kappa shape index (κ3) is 2.93. The van der Waals surface area contributed by atoms with E-state index in [4.69, 9.17) is 5.73 Å². The number of aromatic nitrogens is 2. The SMILES string of the molecule is CCc1nn(C)c(CS(=O)C(C)CN)c1Br. The Morgan fingerprint density at radius 2 is 2.25 bits per heavy atom. The van der Waals surface area contributed by atoms with Gasteiger partial charge in [0.2, 0.25) is 0 Å². The van der Waals surface area contributed by atoms with Gasteiger partial charge in [0.05, 0.1) is 21.6 Å². The fourth-order valence-corrected chi connectivity index (χ4v) is 3.40. The van der Waals surface area contributed by atoms with E-state index in [2.05, 4.69) is 28.0 Å². The molecule has 0 aliphatic rings. The van der Waals surface area contributed by atoms with E-state index in [1.165, 1.54) is 0 Å². The summed E-state index contributed by atoms with van der Waals surface area (Å²) in [5, 5.41) is 4.39. The van der Waals surface area contributed by atoms with Crippen LogP contribution in [0.25, 0.3) is 0 Å². The first-order chi connectivity index (χ1) is 7.51. The molecule has 1 aromatic rings. The molecule has 1 rings (SSSR count). The average molecular weight is 308 g/mol. The van der Waals surface area contributed by atoms with E-state index in [1.807, 2.05) is 14.0 Å². The molecule has 92 valence electrons. The second-order valence-electron chi connectivity index (χ2n) is 3.76. The molecule has 0 bridgehead atoms. The fraction of sp³-hybridized carbons (Fsp3) is 0.700. The lowest BCUT2D eigenvalue weighted by molar-refractivity contribution is 0.666. The van der Waals surface area contributed by atoms with Crippen molar-refractivity contribution in [3.63, 3.8) is 0 Å². The van der Waals surface area contributed by atoms with Gasteiger partial charge in [-0.2, -0.15) is 5.10 Å². The van der Waals surface area contributed by atoms with Gasteiger partial charge in [-0.25, -0.2) is 0 Å². The van der Waals surface area contributed by atoms with Crippen LogP contribution in [-0.2, 0) is 30.0 Å². The minimum absolute atomic E-state index is 0.0203. The van der Waals surface area contributed by atoms with Gasteiger partial charge in [-0.3, -0.25) is 8.89 Å². The molecule has 1 aromatic heterocycles. The average Bonchev–Trinajstić information content (AvgIpc) is 2.55. The van der Waals surface area contributed by atoms with Crippen LogP contribution < -0.4 is 5.73 Å². The molecule has 2 atom stereocenters. The molecule has 4 nitrogen and oxygen atoms in total. The summed E-state index contributed by atoms with van der Waals surface area (Å²) >= 11 is 3.51. The van der Waals surface area contributed by atoms with Gasteiger partial charge in [0, 0.05) is 29.6 Å². The zero-order valence-electron chi connectivity index (χ0n) is 9.86. The van der Waals surface area contributed by atoms with Gasteiger partial charge in [0.25, 0.3) is 0 Å². The third-order valence-corrected chi connectivity index (χ3v) is 5.13. The summed E-state index contributed by atoms with van der Waals surface area (Å²) in [6, 6.07) is 0. The topological polar surface area (TPSA) is 60.9 Å². The number of aryl methyl sites for hydroxylation is 2. The zero-order valence-corrected chi connectivity index (χ0v) is 12.3. The standard InChI is InChI=1S/C10H18BrN3OS/c1-4-8-10(11)9(14(3)13-8)6-16(15)7(2)5-12/h7H,4-6,12H2,1-3H3. The summed E-state index contributed by atoms with van der Waals surface area (Å²) in [5.74, 6) is 0.502. The Hall–Kier alpha value is -0.200. The first-order valence-corrected chi connectivity index (χ1v) is 7.46. The van der Waals surface area contributed by atoms with E-state index in [9.17, 15) is 4.21 Å². The van der Waals surface area contributed by atoms with Crippen LogP contribution in [-0.4, -0.2) is 25.8 Å². The van der Waals surface area contributed by atoms with Crippen LogP contribution in [0.4, 0.5) is 0 Å². The van der Waals surface area contributed by atoms with E-state index in [1.54, 1.807) is 4.68 Å². The maximum absolute atomic E-state index is 11.9. The third-order valence-electron chi connectivity index (χ3n) is 2.56. The zero-order chi connectivity index (χ0) is 12.3. The van der Waals surface area contributed by atoms with E-state index in [0.717, 1.165) is 22.3 Å². The Morgan fingerprint density at radius 1 is 1.62 bits per heavy atom. The van der Waals surface area contributed by atoms with Crippen LogP contribution in [0.5, 0.6) is 0 Å². The lowest BCUT2D eigenvalue weighted by atomic mass is 10.3. The molecule has 0 aliphatic carbocycles. The summed E-state index contributed by atoms with van der Waals surface area (Å²) in [6.45, 7) is 4.40. The van der Waals surface area contributed by atoms with Crippen molar-refractivity contribution >= 4 is 26.7 Å². The molecule has 0 aliphatic heterocycles. The Morgan fingerprint density at radius 3 is 2.69 bits per heavy atom. The molecular weight excluding hydrogens is 290 g/mol. The highest BCUT2D eigenvalue weighted by atomic mass is 79.9. The molecule has 0 radical (unpaired) electrons. The van der Waals surface area contributed by atoms with Crippen molar-refractivity contribution < 1.29 is 4.21 Å². The lowest BCUT2D eigenvalue weighted by Crippen LogP contribution is -2.23. The molecule has 0 fully saturated rings. The molecule has 2 N–H and O–H groups in total. The highest BCUT2D eigenvalue weighted by Gasteiger charge is 2.17. The molecule has 2 unspecified atom stereocenters. The van der Waals surface area contributed by atoms with Crippen molar-refractivity contribution in [3.8, 4) is 0 Å². The van der Waals surface area contributed by atoms with Crippen molar-refractivity contribution in [2.45, 2.75) is 31.3 Å². The molecular formula is C10H18BrN3OS. The van der Waals surface area contributed by atoms with E-state index < -0.39 is 10.8 Å². The van der Waals surface area contributed by atoms with Crippen LogP contribution in [0.15, 0.2) is 4.47 Å². The van der Waals surface area contributed by atoms with Crippen LogP contribution in [0.2, 0.25) is 0 Å². The minimum atomic E-state index is -0.941. The number of nitrogens with two attached hydrogens (primary N) is 1. The maximum atomic E-state index is 11.9. The number of hydrogen-bond acceptors (Lipinski definition) is 3. The fourth-order valence-electron chi connectivity index (χ4n) is 1.36. The van der Waals surface area contributed by atoms with Gasteiger partial charge < -0.3 is 5.73 Å². The molecule has 0 aromatic carbocycles. The Labute approximate surface area is 107 Å². The monoisotopic (exact) mass is 307 g/mol. The van der Waals surface area contributed by atoms with Crippen LogP contribution in [0.3, 0.4) is 0 Å². The highest BCUT2D eigenvalue weighted by Crippen LogP contribution is 2.23. The predicted octanol–water partition coefficient (Wildman–Crippen LogP) is 1.34. The summed E-state index contributed by atoms with van der Waals surface area (Å²) in [6.07, 6.45) is 0.869. The van der Waals surface area contributed by atoms with Gasteiger partial charge in [-0.05, 0) is 29.3 Å². The van der Waals surface area contributed by atoms with Gasteiger partial charge in [-0.15, -0.1) is 0 Å². The second-order valence-corrected chi connectivity index (χ2v) is 6.40. The van der Waals surface area contributed by atoms with Crippen molar-refractivity contribution in [1.82, 2.24) is 9.78 Å². The van der Waals surface area contributed by atoms with E-state index in [0.29, 0.717) is 12.3 Å². The number of hydrogen-bond donors (Lipinski definition) is 1. The summed E-state index contributed by atoms with van der Waals surface area (Å²) < 4.78 is 14.7. The van der Waals surface area contributed by atoms with Crippen molar-refractivity contribution in [2.75, 3.05) is 6.54 Å². The quantitative estimate of drug-likeness (QED) is 0.893. The Balaban J connectivity index is 2.89. The molecule has 0 spiro atoms. The van der Waals surface area contributed by atoms with Gasteiger partial charge in [-0.1, -0.05) is 6.92 Å². The van der Waals surface area contributed by atoms with Crippen LogP contribution in [0, 0.1) is 0 Å². The number of nitrogens with zero attached hydrogens (tertiary/aromatic N) is 2. The van der Waals surface area contributed by atoms with Crippen molar-refractivity contribution in [3.05, 3.63) is 15.9 Å². The van der Waals surface area contributed by atoms with Crippen molar-refractivity contribution in [2.24, 2.45) is 12.8 Å². The summed E-state index contributed by atoms with van der Waals surface area (Å²) in [4.78, 5) is 0. The molecule has 0 saturated heterocycles. The molecule has 6 heteroatoms. The molecule has 0 saturated carbocycles. The van der Waals surface area contributed by atoms with Crippen molar-refractivity contribution in [1.29, 1.82) is 0 Å². The second kappa shape index (κ2) is 5.93. The summed E-state index contributed by atoms with van der Waals surface area (Å²) in [5.41, 5.74) is 7.50. The van der Waals surface area contributed by atoms with Gasteiger partial charge in [0.1, 0.15) is 0 Å². The summed E-state index contributed by atoms with van der Waals surface area (Å²) in [7, 11) is 0.938. The number of halogens is 1. The predicted molar refractivity (Wildman–Crippen MR) is 70.6 cm³/mol. The minimum Gasteiger partial charge on any atom is -0.329 e. The van der Waals surface area contributed by atoms with Gasteiger partial charge >= 0.3 is 0 Å². The van der Waals surface area contributed by atoms with E-state index >= 15 is 0 Å². The first kappa shape index (κ1) is 13.9. The Kier molecular flexibility index (Phi) is 5.14. The smallest absolute Gasteiger partial charge is 0.0767 e. The maximum Gasteiger partial charge on any atom is 0.0767 e. The largest absolute Gasteiger partial charge is 0.329 e. The van der Waals surface area contributed by atoms with E-state index in [-0.39, 0.29) is 5.25 Å². The highest BCUT2D eigenvalue weighted by molar-refractivity contribution is 9.10. The molecule has 16 heavy (non-hydrogen) atoms. The lowest BCUT2D eigenvalue weighted by Gasteiger charge is -2.09. The Bertz CT molecular complexity index is 392. The normalized spacial score (nSPS) is 15.1. The van der Waals surface area contributed by atoms with Crippen LogP contribution >= 0.6 is 15.9 Å².